The van der Waals surface area contributed by atoms with Crippen LogP contribution in [0.4, 0.5) is 14.6 Å². The van der Waals surface area contributed by atoms with E-state index in [2.05, 4.69) is 16.8 Å². The molecule has 0 spiro atoms. The van der Waals surface area contributed by atoms with Crippen LogP contribution in [0.25, 0.3) is 32.9 Å². The number of halogens is 2. The van der Waals surface area contributed by atoms with Crippen LogP contribution in [0.5, 0.6) is 17.6 Å². The molecule has 0 radical (unpaired) electrons. The van der Waals surface area contributed by atoms with Gasteiger partial charge in [0.15, 0.2) is 5.82 Å². The molecule has 0 bridgehead atoms. The molecule has 10 nitrogen and oxygen atoms in total. The van der Waals surface area contributed by atoms with E-state index in [0.717, 1.165) is 57.0 Å². The summed E-state index contributed by atoms with van der Waals surface area (Å²) < 4.78 is 50.4. The highest BCUT2D eigenvalue weighted by molar-refractivity contribution is 6.03. The molecule has 2 aliphatic heterocycles. The number of pyridine rings is 1. The Balaban J connectivity index is 1.24. The Morgan fingerprint density at radius 2 is 1.88 bits per heavy atom. The SMILES string of the molecule is CCc1c(F)ccc2cc(O)cc(-c3nc(OC)c4c(N5CCOCC(O)C5)nc(OCC56CCCC5N(CC5CC(C)C5)CCC6)nc4c3F)c12. The van der Waals surface area contributed by atoms with E-state index in [1.807, 2.05) is 11.8 Å². The number of piperidine rings is 1. The van der Waals surface area contributed by atoms with Crippen molar-refractivity contribution in [3.8, 4) is 28.9 Å². The molecule has 2 aromatic heterocycles. The molecule has 0 amide bonds. The van der Waals surface area contributed by atoms with Crippen LogP contribution in [0.2, 0.25) is 0 Å². The first kappa shape index (κ1) is 35.2. The van der Waals surface area contributed by atoms with E-state index in [0.29, 0.717) is 54.4 Å². The number of methoxy groups -OCH3 is 1. The number of phenolic OH excluding ortho intramolecular Hbond substituents is 1. The summed E-state index contributed by atoms with van der Waals surface area (Å²) in [6.07, 6.45) is 7.65. The Kier molecular flexibility index (Phi) is 9.59. The Hall–Kier alpha value is -3.87. The van der Waals surface area contributed by atoms with Crippen molar-refractivity contribution >= 4 is 27.5 Å². The van der Waals surface area contributed by atoms with E-state index in [-0.39, 0.29) is 58.4 Å². The second kappa shape index (κ2) is 14.2. The minimum absolute atomic E-state index is 0.0336. The van der Waals surface area contributed by atoms with Crippen LogP contribution >= 0.6 is 0 Å². The molecule has 2 saturated heterocycles. The van der Waals surface area contributed by atoms with Gasteiger partial charge in [-0.15, -0.1) is 0 Å². The molecule has 278 valence electrons. The highest BCUT2D eigenvalue weighted by Gasteiger charge is 2.49. The number of aryl methyl sites for hydroxylation is 1. The predicted octanol–water partition coefficient (Wildman–Crippen LogP) is 6.66. The second-order valence-electron chi connectivity index (χ2n) is 15.6. The van der Waals surface area contributed by atoms with E-state index < -0.39 is 17.7 Å². The number of fused-ring (bicyclic) bond motifs is 3. The molecule has 12 heteroatoms. The van der Waals surface area contributed by atoms with Crippen molar-refractivity contribution < 1.29 is 33.2 Å². The molecule has 2 aliphatic carbocycles. The summed E-state index contributed by atoms with van der Waals surface area (Å²) in [7, 11) is 1.44. The van der Waals surface area contributed by atoms with Gasteiger partial charge in [-0.05, 0) is 97.9 Å². The van der Waals surface area contributed by atoms with Crippen LogP contribution in [0.3, 0.4) is 0 Å². The van der Waals surface area contributed by atoms with Crippen LogP contribution in [0, 0.1) is 28.9 Å². The average molecular weight is 718 g/mol. The Morgan fingerprint density at radius 1 is 1.06 bits per heavy atom. The minimum Gasteiger partial charge on any atom is -0.508 e. The van der Waals surface area contributed by atoms with Crippen molar-refractivity contribution in [2.75, 3.05) is 58.0 Å². The van der Waals surface area contributed by atoms with Gasteiger partial charge in [0.25, 0.3) is 0 Å². The standard InChI is InChI=1S/C40H49F2N5O5/c1-4-28-30(41)9-8-25-17-26(48)18-29(32(25)28)35-34(42)36-33(38(43-35)50-3)37(47-13-14-51-21-27(49)20-47)45-39(44-36)52-22-40-10-5-7-31(40)46(12-6-11-40)19-24-15-23(2)16-24/h8-9,17-18,23-24,27,31,48-49H,4-7,10-16,19-22H2,1-3H3. The summed E-state index contributed by atoms with van der Waals surface area (Å²) in [5.74, 6) is 0.655. The van der Waals surface area contributed by atoms with Gasteiger partial charge in [-0.2, -0.15) is 9.97 Å². The zero-order valence-electron chi connectivity index (χ0n) is 30.3. The number of anilines is 1. The van der Waals surface area contributed by atoms with Crippen LogP contribution in [0.15, 0.2) is 24.3 Å². The van der Waals surface area contributed by atoms with Crippen LogP contribution in [-0.4, -0.2) is 95.3 Å². The zero-order chi connectivity index (χ0) is 36.1. The first-order valence-electron chi connectivity index (χ1n) is 18.9. The van der Waals surface area contributed by atoms with Gasteiger partial charge in [0.2, 0.25) is 5.88 Å². The number of likely N-dealkylation sites (tertiary alicyclic amines) is 1. The van der Waals surface area contributed by atoms with Gasteiger partial charge >= 0.3 is 6.01 Å². The van der Waals surface area contributed by atoms with Crippen molar-refractivity contribution in [3.05, 3.63) is 41.5 Å². The van der Waals surface area contributed by atoms with Crippen molar-refractivity contribution in [2.24, 2.45) is 17.3 Å². The summed E-state index contributed by atoms with van der Waals surface area (Å²) in [5.41, 5.74) is 0.360. The van der Waals surface area contributed by atoms with E-state index in [1.165, 1.54) is 38.2 Å². The number of aromatic hydroxyl groups is 1. The number of hydrogen-bond acceptors (Lipinski definition) is 10. The van der Waals surface area contributed by atoms with Crippen LogP contribution in [-0.2, 0) is 11.2 Å². The molecule has 52 heavy (non-hydrogen) atoms. The number of hydrogen-bond donors (Lipinski definition) is 2. The number of phenols is 1. The molecule has 4 aliphatic rings. The van der Waals surface area contributed by atoms with Gasteiger partial charge in [0.1, 0.15) is 34.0 Å². The average Bonchev–Trinajstić information content (AvgIpc) is 3.44. The highest BCUT2D eigenvalue weighted by atomic mass is 19.1. The molecule has 3 atom stereocenters. The number of nitrogens with zero attached hydrogens (tertiary/aromatic N) is 5. The maximum atomic E-state index is 17.3. The molecule has 2 saturated carbocycles. The molecule has 2 aromatic carbocycles. The van der Waals surface area contributed by atoms with Crippen LogP contribution < -0.4 is 14.4 Å². The van der Waals surface area contributed by atoms with Gasteiger partial charge in [-0.1, -0.05) is 26.3 Å². The monoisotopic (exact) mass is 717 g/mol. The number of aliphatic hydroxyl groups is 1. The maximum absolute atomic E-state index is 17.3. The van der Waals surface area contributed by atoms with Gasteiger partial charge in [-0.25, -0.2) is 13.8 Å². The number of aromatic nitrogens is 3. The van der Waals surface area contributed by atoms with Gasteiger partial charge in [0, 0.05) is 36.7 Å². The Labute approximate surface area is 303 Å². The molecule has 3 unspecified atom stereocenters. The molecule has 4 fully saturated rings. The highest BCUT2D eigenvalue weighted by Crippen LogP contribution is 2.49. The van der Waals surface area contributed by atoms with E-state index in [1.54, 1.807) is 6.07 Å². The number of rotatable bonds is 9. The number of aliphatic hydroxyl groups excluding tert-OH is 1. The second-order valence-corrected chi connectivity index (χ2v) is 15.6. The zero-order valence-corrected chi connectivity index (χ0v) is 30.3. The van der Waals surface area contributed by atoms with E-state index in [4.69, 9.17) is 24.2 Å². The largest absolute Gasteiger partial charge is 0.508 e. The predicted molar refractivity (Wildman–Crippen MR) is 195 cm³/mol. The number of benzene rings is 2. The van der Waals surface area contributed by atoms with E-state index in [9.17, 15) is 10.2 Å². The van der Waals surface area contributed by atoms with Gasteiger partial charge in [-0.3, -0.25) is 4.90 Å². The molecule has 4 heterocycles. The van der Waals surface area contributed by atoms with E-state index >= 15 is 8.78 Å². The normalized spacial score (nSPS) is 26.7. The van der Waals surface area contributed by atoms with Crippen molar-refractivity contribution in [3.63, 3.8) is 0 Å². The summed E-state index contributed by atoms with van der Waals surface area (Å²) in [6, 6.07) is 6.31. The maximum Gasteiger partial charge on any atom is 0.319 e. The smallest absolute Gasteiger partial charge is 0.319 e. The Morgan fingerprint density at radius 3 is 2.67 bits per heavy atom. The Bertz CT molecular complexity index is 1970. The summed E-state index contributed by atoms with van der Waals surface area (Å²) in [4.78, 5) is 18.8. The lowest BCUT2D eigenvalue weighted by molar-refractivity contribution is -0.0180. The summed E-state index contributed by atoms with van der Waals surface area (Å²) in [5, 5.41) is 22.7. The summed E-state index contributed by atoms with van der Waals surface area (Å²) in [6.45, 7) is 7.90. The topological polar surface area (TPSA) is 113 Å². The first-order chi connectivity index (χ1) is 25.2. The minimum atomic E-state index is -0.800. The molecule has 4 aromatic rings. The third-order valence-corrected chi connectivity index (χ3v) is 12.1. The van der Waals surface area contributed by atoms with Gasteiger partial charge < -0.3 is 29.3 Å². The van der Waals surface area contributed by atoms with Crippen LogP contribution in [0.1, 0.15) is 64.4 Å². The first-order valence-corrected chi connectivity index (χ1v) is 18.9. The summed E-state index contributed by atoms with van der Waals surface area (Å²) >= 11 is 0. The quantitative estimate of drug-likeness (QED) is 0.195. The van der Waals surface area contributed by atoms with Crippen molar-refractivity contribution in [2.45, 2.75) is 77.4 Å². The fourth-order valence-electron chi connectivity index (χ4n) is 9.73. The lowest BCUT2D eigenvalue weighted by Crippen LogP contribution is -2.53. The number of ether oxygens (including phenoxy) is 3. The number of β-amino-alcohol motifs (C(OH)–C–C–N with tert-alkyl or cyclic N) is 1. The fourth-order valence-corrected chi connectivity index (χ4v) is 9.73. The molecular weight excluding hydrogens is 668 g/mol. The third-order valence-electron chi connectivity index (χ3n) is 12.1. The van der Waals surface area contributed by atoms with Crippen molar-refractivity contribution in [1.29, 1.82) is 0 Å². The fraction of sp³-hybridized carbons (Fsp3) is 0.575. The van der Waals surface area contributed by atoms with Gasteiger partial charge in [0.05, 0.1) is 33.0 Å². The molecule has 2 N–H and O–H groups in total. The molecular formula is C40H49F2N5O5. The third kappa shape index (κ3) is 6.30. The molecule has 8 rings (SSSR count). The lowest BCUT2D eigenvalue weighted by atomic mass is 9.72. The lowest BCUT2D eigenvalue weighted by Gasteiger charge is -2.48. The van der Waals surface area contributed by atoms with Crippen molar-refractivity contribution in [1.82, 2.24) is 19.9 Å².